The third-order valence-electron chi connectivity index (χ3n) is 5.89. The van der Waals surface area contributed by atoms with Crippen LogP contribution in [0.25, 0.3) is 5.69 Å². The Hall–Kier alpha value is -3.61. The first-order chi connectivity index (χ1) is 14.8. The van der Waals surface area contributed by atoms with E-state index >= 15 is 0 Å². The average molecular weight is 419 g/mol. The van der Waals surface area contributed by atoms with E-state index in [0.717, 1.165) is 28.1 Å². The number of amides is 1. The van der Waals surface area contributed by atoms with Crippen molar-refractivity contribution in [1.82, 2.24) is 9.78 Å². The van der Waals surface area contributed by atoms with Crippen LogP contribution in [0.5, 0.6) is 11.5 Å². The SMILES string of the molecule is COc1ccc(C(=O)[C@@H]2CC(=O)Nc3c2c(C)nn3-c2cccc(C)c2C)cc1OC. The van der Waals surface area contributed by atoms with E-state index in [1.54, 1.807) is 30.0 Å². The zero-order valence-corrected chi connectivity index (χ0v) is 18.3. The molecule has 0 radical (unpaired) electrons. The molecule has 7 nitrogen and oxygen atoms in total. The predicted molar refractivity (Wildman–Crippen MR) is 118 cm³/mol. The van der Waals surface area contributed by atoms with Gasteiger partial charge < -0.3 is 14.8 Å². The number of Topliss-reactive ketones (excluding diaryl/α,β-unsaturated/α-hetero) is 1. The van der Waals surface area contributed by atoms with Gasteiger partial charge in [-0.25, -0.2) is 4.68 Å². The number of aryl methyl sites for hydroxylation is 2. The van der Waals surface area contributed by atoms with E-state index in [-0.39, 0.29) is 18.1 Å². The van der Waals surface area contributed by atoms with Crippen molar-refractivity contribution in [3.05, 3.63) is 64.3 Å². The monoisotopic (exact) mass is 419 g/mol. The van der Waals surface area contributed by atoms with Crippen LogP contribution in [0.1, 0.15) is 45.1 Å². The molecule has 4 rings (SSSR count). The second-order valence-corrected chi connectivity index (χ2v) is 7.72. The third-order valence-corrected chi connectivity index (χ3v) is 5.89. The van der Waals surface area contributed by atoms with Gasteiger partial charge in [0.05, 0.1) is 31.5 Å². The summed E-state index contributed by atoms with van der Waals surface area (Å²) in [4.78, 5) is 26.1. The summed E-state index contributed by atoms with van der Waals surface area (Å²) in [5.74, 6) is 0.581. The van der Waals surface area contributed by atoms with E-state index < -0.39 is 5.92 Å². The van der Waals surface area contributed by atoms with Crippen molar-refractivity contribution < 1.29 is 19.1 Å². The fraction of sp³-hybridized carbons (Fsp3) is 0.292. The van der Waals surface area contributed by atoms with Crippen LogP contribution in [0, 0.1) is 20.8 Å². The highest BCUT2D eigenvalue weighted by Gasteiger charge is 2.36. The van der Waals surface area contributed by atoms with Crippen molar-refractivity contribution in [1.29, 1.82) is 0 Å². The Morgan fingerprint density at radius 3 is 2.55 bits per heavy atom. The standard InChI is InChI=1S/C24H25N3O4/c1-13-7-6-8-18(14(13)2)27-24-22(15(3)26-27)17(12-21(28)25-24)23(29)16-9-10-19(30-4)20(11-16)31-5/h6-11,17H,12H2,1-5H3,(H,25,28)/t17-/m1/s1. The van der Waals surface area contributed by atoms with E-state index in [4.69, 9.17) is 14.6 Å². The number of nitrogens with one attached hydrogen (secondary N) is 1. The lowest BCUT2D eigenvalue weighted by Crippen LogP contribution is -2.28. The van der Waals surface area contributed by atoms with E-state index in [1.807, 2.05) is 39.0 Å². The number of methoxy groups -OCH3 is 2. The zero-order chi connectivity index (χ0) is 22.3. The highest BCUT2D eigenvalue weighted by Crippen LogP contribution is 2.39. The van der Waals surface area contributed by atoms with E-state index in [0.29, 0.717) is 22.9 Å². The van der Waals surface area contributed by atoms with Crippen molar-refractivity contribution >= 4 is 17.5 Å². The zero-order valence-electron chi connectivity index (χ0n) is 18.3. The number of aromatic nitrogens is 2. The number of rotatable bonds is 5. The molecule has 1 aromatic heterocycles. The Morgan fingerprint density at radius 2 is 1.84 bits per heavy atom. The van der Waals surface area contributed by atoms with Crippen LogP contribution in [-0.4, -0.2) is 35.7 Å². The number of anilines is 1. The molecule has 1 aliphatic heterocycles. The molecule has 0 saturated carbocycles. The molecule has 31 heavy (non-hydrogen) atoms. The summed E-state index contributed by atoms with van der Waals surface area (Å²) >= 11 is 0. The van der Waals surface area contributed by atoms with Crippen molar-refractivity contribution in [2.45, 2.75) is 33.1 Å². The number of ketones is 1. The number of ether oxygens (including phenoxy) is 2. The maximum Gasteiger partial charge on any atom is 0.226 e. The lowest BCUT2D eigenvalue weighted by Gasteiger charge is -2.24. The molecule has 1 amide bonds. The molecule has 0 spiro atoms. The minimum atomic E-state index is -0.624. The summed E-state index contributed by atoms with van der Waals surface area (Å²) in [6, 6.07) is 11.0. The molecule has 3 aromatic rings. The highest BCUT2D eigenvalue weighted by molar-refractivity contribution is 6.08. The lowest BCUT2D eigenvalue weighted by molar-refractivity contribution is -0.116. The smallest absolute Gasteiger partial charge is 0.226 e. The summed E-state index contributed by atoms with van der Waals surface area (Å²) in [5.41, 5.74) is 5.00. The van der Waals surface area contributed by atoms with Crippen molar-refractivity contribution in [3.63, 3.8) is 0 Å². The summed E-state index contributed by atoms with van der Waals surface area (Å²) < 4.78 is 12.3. The molecule has 160 valence electrons. The molecule has 1 aliphatic rings. The fourth-order valence-corrected chi connectivity index (χ4v) is 4.10. The quantitative estimate of drug-likeness (QED) is 0.629. The van der Waals surface area contributed by atoms with Gasteiger partial charge in [0.15, 0.2) is 17.3 Å². The van der Waals surface area contributed by atoms with Gasteiger partial charge in [-0.3, -0.25) is 9.59 Å². The fourth-order valence-electron chi connectivity index (χ4n) is 4.10. The van der Waals surface area contributed by atoms with E-state index in [9.17, 15) is 9.59 Å². The van der Waals surface area contributed by atoms with Gasteiger partial charge in [-0.15, -0.1) is 0 Å². The van der Waals surface area contributed by atoms with Crippen molar-refractivity contribution in [2.75, 3.05) is 19.5 Å². The number of hydrogen-bond acceptors (Lipinski definition) is 5. The molecule has 1 N–H and O–H groups in total. The van der Waals surface area contributed by atoms with Crippen molar-refractivity contribution in [2.24, 2.45) is 0 Å². The van der Waals surface area contributed by atoms with Gasteiger partial charge in [0.1, 0.15) is 5.82 Å². The summed E-state index contributed by atoms with van der Waals surface area (Å²) in [6.45, 7) is 5.92. The van der Waals surface area contributed by atoms with Gasteiger partial charge in [0.2, 0.25) is 5.91 Å². The average Bonchev–Trinajstić information content (AvgIpc) is 3.09. The number of carbonyl (C=O) groups excluding carboxylic acids is 2. The maximum absolute atomic E-state index is 13.5. The molecule has 0 saturated heterocycles. The Morgan fingerprint density at radius 1 is 1.10 bits per heavy atom. The molecule has 0 fully saturated rings. The molecule has 2 aromatic carbocycles. The first-order valence-corrected chi connectivity index (χ1v) is 10.1. The van der Waals surface area contributed by atoms with Gasteiger partial charge in [-0.1, -0.05) is 12.1 Å². The number of hydrogen-bond donors (Lipinski definition) is 1. The normalized spacial score (nSPS) is 15.3. The Balaban J connectivity index is 1.82. The topological polar surface area (TPSA) is 82.5 Å². The molecule has 0 unspecified atom stereocenters. The van der Waals surface area contributed by atoms with E-state index in [1.165, 1.54) is 7.11 Å². The van der Waals surface area contributed by atoms with Crippen LogP contribution in [0.2, 0.25) is 0 Å². The van der Waals surface area contributed by atoms with Gasteiger partial charge in [-0.2, -0.15) is 5.10 Å². The number of fused-ring (bicyclic) bond motifs is 1. The molecular formula is C24H25N3O4. The molecule has 1 atom stereocenters. The second kappa shape index (κ2) is 7.91. The van der Waals surface area contributed by atoms with Crippen LogP contribution >= 0.6 is 0 Å². The summed E-state index contributed by atoms with van der Waals surface area (Å²) in [7, 11) is 3.07. The number of nitrogens with zero attached hydrogens (tertiary/aromatic N) is 2. The Bertz CT molecular complexity index is 1200. The number of carbonyl (C=O) groups is 2. The maximum atomic E-state index is 13.5. The molecule has 2 heterocycles. The number of benzene rings is 2. The van der Waals surface area contributed by atoms with Crippen LogP contribution in [0.15, 0.2) is 36.4 Å². The highest BCUT2D eigenvalue weighted by atomic mass is 16.5. The Kier molecular flexibility index (Phi) is 5.27. The third kappa shape index (κ3) is 3.46. The van der Waals surface area contributed by atoms with Gasteiger partial charge >= 0.3 is 0 Å². The van der Waals surface area contributed by atoms with Gasteiger partial charge in [0.25, 0.3) is 0 Å². The largest absolute Gasteiger partial charge is 0.493 e. The lowest BCUT2D eigenvalue weighted by atomic mass is 9.85. The van der Waals surface area contributed by atoms with E-state index in [2.05, 4.69) is 5.32 Å². The molecular weight excluding hydrogens is 394 g/mol. The summed E-state index contributed by atoms with van der Waals surface area (Å²) in [6.07, 6.45) is 0.0690. The second-order valence-electron chi connectivity index (χ2n) is 7.72. The first kappa shape index (κ1) is 20.7. The van der Waals surface area contributed by atoms with Crippen LogP contribution in [0.4, 0.5) is 5.82 Å². The van der Waals surface area contributed by atoms with Crippen molar-refractivity contribution in [3.8, 4) is 17.2 Å². The van der Waals surface area contributed by atoms with Gasteiger partial charge in [-0.05, 0) is 56.2 Å². The Labute approximate surface area is 181 Å². The first-order valence-electron chi connectivity index (χ1n) is 10.1. The summed E-state index contributed by atoms with van der Waals surface area (Å²) in [5, 5.41) is 7.63. The van der Waals surface area contributed by atoms with Gasteiger partial charge in [0, 0.05) is 17.5 Å². The minimum absolute atomic E-state index is 0.0690. The molecule has 7 heteroatoms. The van der Waals surface area contributed by atoms with Crippen LogP contribution in [0.3, 0.4) is 0 Å². The minimum Gasteiger partial charge on any atom is -0.493 e. The predicted octanol–water partition coefficient (Wildman–Crippen LogP) is 4.12. The molecule has 0 bridgehead atoms. The van der Waals surface area contributed by atoms with Crippen LogP contribution in [-0.2, 0) is 4.79 Å². The molecule has 0 aliphatic carbocycles. The van der Waals surface area contributed by atoms with Crippen LogP contribution < -0.4 is 14.8 Å².